The van der Waals surface area contributed by atoms with Gasteiger partial charge in [-0.2, -0.15) is 0 Å². The molecule has 6 nitrogen and oxygen atoms in total. The number of esters is 2. The number of carbonyl (C=O) groups excluding carboxylic acids is 2. The third-order valence-electron chi connectivity index (χ3n) is 4.87. The molecule has 2 aromatic carbocycles. The SMILES string of the molecule is C=C[C@H](CC(=O)OCC)c1ccc(O)cc1.CCOC(=O)C[C@@H](CC)c1ccc(O)cc1. The molecular formula is C26H34O6. The summed E-state index contributed by atoms with van der Waals surface area (Å²) in [4.78, 5) is 22.7. The van der Waals surface area contributed by atoms with E-state index in [4.69, 9.17) is 14.6 Å². The molecule has 0 bridgehead atoms. The van der Waals surface area contributed by atoms with Crippen molar-refractivity contribution in [2.24, 2.45) is 0 Å². The van der Waals surface area contributed by atoms with E-state index in [1.165, 1.54) is 0 Å². The Morgan fingerprint density at radius 2 is 1.25 bits per heavy atom. The van der Waals surface area contributed by atoms with E-state index in [0.717, 1.165) is 17.5 Å². The quantitative estimate of drug-likeness (QED) is 0.375. The summed E-state index contributed by atoms with van der Waals surface area (Å²) in [5.41, 5.74) is 2.01. The maximum Gasteiger partial charge on any atom is 0.306 e. The molecule has 0 aromatic heterocycles. The number of benzene rings is 2. The highest BCUT2D eigenvalue weighted by Gasteiger charge is 2.15. The molecule has 0 spiro atoms. The number of hydrogen-bond donors (Lipinski definition) is 2. The molecule has 174 valence electrons. The predicted molar refractivity (Wildman–Crippen MR) is 125 cm³/mol. The maximum atomic E-state index is 11.4. The molecule has 0 amide bonds. The minimum absolute atomic E-state index is 0.0698. The molecule has 6 heteroatoms. The van der Waals surface area contributed by atoms with Gasteiger partial charge in [0.05, 0.1) is 26.1 Å². The first-order valence-corrected chi connectivity index (χ1v) is 10.9. The van der Waals surface area contributed by atoms with E-state index >= 15 is 0 Å². The molecule has 2 atom stereocenters. The van der Waals surface area contributed by atoms with Gasteiger partial charge in [0.15, 0.2) is 0 Å². The van der Waals surface area contributed by atoms with E-state index in [-0.39, 0.29) is 41.7 Å². The number of hydrogen-bond acceptors (Lipinski definition) is 6. The summed E-state index contributed by atoms with van der Waals surface area (Å²) in [6.45, 7) is 10.1. The van der Waals surface area contributed by atoms with Crippen molar-refractivity contribution >= 4 is 11.9 Å². The van der Waals surface area contributed by atoms with E-state index in [9.17, 15) is 14.7 Å². The normalized spacial score (nSPS) is 12.0. The molecule has 0 saturated carbocycles. The van der Waals surface area contributed by atoms with Gasteiger partial charge in [-0.25, -0.2) is 0 Å². The van der Waals surface area contributed by atoms with Crippen LogP contribution in [0, 0.1) is 0 Å². The number of rotatable bonds is 10. The third kappa shape index (κ3) is 9.69. The number of ether oxygens (including phenoxy) is 2. The lowest BCUT2D eigenvalue weighted by molar-refractivity contribution is -0.144. The summed E-state index contributed by atoms with van der Waals surface area (Å²) < 4.78 is 9.81. The van der Waals surface area contributed by atoms with Gasteiger partial charge in [-0.1, -0.05) is 37.3 Å². The summed E-state index contributed by atoms with van der Waals surface area (Å²) in [7, 11) is 0. The fourth-order valence-electron chi connectivity index (χ4n) is 3.12. The van der Waals surface area contributed by atoms with E-state index in [1.54, 1.807) is 56.3 Å². The third-order valence-corrected chi connectivity index (χ3v) is 4.87. The van der Waals surface area contributed by atoms with Crippen LogP contribution >= 0.6 is 0 Å². The first-order chi connectivity index (χ1) is 15.3. The number of phenolic OH excluding ortho intramolecular Hbond substituents is 2. The molecule has 2 N–H and O–H groups in total. The average Bonchev–Trinajstić information content (AvgIpc) is 2.78. The van der Waals surface area contributed by atoms with Crippen LogP contribution in [0.15, 0.2) is 61.2 Å². The van der Waals surface area contributed by atoms with Gasteiger partial charge in [0, 0.05) is 5.92 Å². The van der Waals surface area contributed by atoms with Gasteiger partial charge in [0.25, 0.3) is 0 Å². The van der Waals surface area contributed by atoms with Gasteiger partial charge in [-0.3, -0.25) is 9.59 Å². The van der Waals surface area contributed by atoms with Gasteiger partial charge in [-0.15, -0.1) is 6.58 Å². The standard InChI is InChI=1S/C13H18O3.C13H16O3/c2*1-3-10(9-13(15)16-4-2)11-5-7-12(14)8-6-11/h5-8,10,14H,3-4,9H2,1-2H3;3,5-8,10,14H,1,4,9H2,2H3/t2*10-/m11/s1. The Kier molecular flexibility index (Phi) is 12.3. The van der Waals surface area contributed by atoms with Gasteiger partial charge in [0.1, 0.15) is 11.5 Å². The van der Waals surface area contributed by atoms with E-state index in [1.807, 2.05) is 19.1 Å². The zero-order valence-electron chi connectivity index (χ0n) is 19.1. The second-order valence-electron chi connectivity index (χ2n) is 7.15. The zero-order chi connectivity index (χ0) is 23.9. The van der Waals surface area contributed by atoms with Crippen molar-refractivity contribution in [2.75, 3.05) is 13.2 Å². The van der Waals surface area contributed by atoms with Crippen LogP contribution in [-0.2, 0) is 19.1 Å². The van der Waals surface area contributed by atoms with Crippen molar-refractivity contribution in [1.29, 1.82) is 0 Å². The highest BCUT2D eigenvalue weighted by atomic mass is 16.5. The maximum absolute atomic E-state index is 11.4. The summed E-state index contributed by atoms with van der Waals surface area (Å²) in [6.07, 6.45) is 3.27. The molecule has 0 aliphatic carbocycles. The van der Waals surface area contributed by atoms with Crippen LogP contribution in [0.25, 0.3) is 0 Å². The van der Waals surface area contributed by atoms with Crippen molar-refractivity contribution < 1.29 is 29.3 Å². The fourth-order valence-corrected chi connectivity index (χ4v) is 3.12. The first-order valence-electron chi connectivity index (χ1n) is 10.9. The molecule has 2 rings (SSSR count). The highest BCUT2D eigenvalue weighted by Crippen LogP contribution is 2.25. The topological polar surface area (TPSA) is 93.1 Å². The largest absolute Gasteiger partial charge is 0.508 e. The molecule has 0 aliphatic rings. The van der Waals surface area contributed by atoms with Gasteiger partial charge in [-0.05, 0) is 61.6 Å². The summed E-state index contributed by atoms with van der Waals surface area (Å²) >= 11 is 0. The minimum Gasteiger partial charge on any atom is -0.508 e. The van der Waals surface area contributed by atoms with Crippen LogP contribution in [0.2, 0.25) is 0 Å². The first kappa shape index (κ1) is 26.8. The number of aromatic hydroxyl groups is 2. The summed E-state index contributed by atoms with van der Waals surface area (Å²) in [5, 5.41) is 18.3. The molecule has 0 saturated heterocycles. The Labute approximate surface area is 190 Å². The van der Waals surface area contributed by atoms with E-state index in [2.05, 4.69) is 6.58 Å². The number of allylic oxidation sites excluding steroid dienone is 1. The Morgan fingerprint density at radius 1 is 0.812 bits per heavy atom. The van der Waals surface area contributed by atoms with Crippen LogP contribution in [0.4, 0.5) is 0 Å². The second-order valence-corrected chi connectivity index (χ2v) is 7.15. The van der Waals surface area contributed by atoms with Crippen molar-refractivity contribution in [3.05, 3.63) is 72.3 Å². The molecule has 0 radical (unpaired) electrons. The van der Waals surface area contributed by atoms with Crippen LogP contribution in [-0.4, -0.2) is 35.4 Å². The van der Waals surface area contributed by atoms with Crippen LogP contribution < -0.4 is 0 Å². The Hall–Kier alpha value is -3.28. The number of phenols is 2. The van der Waals surface area contributed by atoms with Crippen molar-refractivity contribution in [1.82, 2.24) is 0 Å². The van der Waals surface area contributed by atoms with Crippen molar-refractivity contribution in [3.63, 3.8) is 0 Å². The second kappa shape index (κ2) is 14.7. The lowest BCUT2D eigenvalue weighted by Gasteiger charge is -2.14. The van der Waals surface area contributed by atoms with Gasteiger partial charge < -0.3 is 19.7 Å². The highest BCUT2D eigenvalue weighted by molar-refractivity contribution is 5.71. The fraction of sp³-hybridized carbons (Fsp3) is 0.385. The van der Waals surface area contributed by atoms with Crippen molar-refractivity contribution in [2.45, 2.75) is 51.9 Å². The average molecular weight is 443 g/mol. The van der Waals surface area contributed by atoms with Gasteiger partial charge in [0.2, 0.25) is 0 Å². The van der Waals surface area contributed by atoms with Crippen LogP contribution in [0.1, 0.15) is 63.0 Å². The summed E-state index contributed by atoms with van der Waals surface area (Å²) in [5.74, 6) is 0.152. The monoisotopic (exact) mass is 442 g/mol. The molecular weight excluding hydrogens is 408 g/mol. The molecule has 2 aromatic rings. The van der Waals surface area contributed by atoms with Gasteiger partial charge >= 0.3 is 11.9 Å². The Morgan fingerprint density at radius 3 is 1.66 bits per heavy atom. The lowest BCUT2D eigenvalue weighted by atomic mass is 9.93. The van der Waals surface area contributed by atoms with Crippen LogP contribution in [0.5, 0.6) is 11.5 Å². The van der Waals surface area contributed by atoms with E-state index in [0.29, 0.717) is 19.6 Å². The van der Waals surface area contributed by atoms with E-state index < -0.39 is 0 Å². The van der Waals surface area contributed by atoms with Crippen LogP contribution in [0.3, 0.4) is 0 Å². The van der Waals surface area contributed by atoms with Crippen molar-refractivity contribution in [3.8, 4) is 11.5 Å². The molecule has 0 aliphatic heterocycles. The molecule has 0 unspecified atom stereocenters. The Balaban J connectivity index is 0.000000320. The smallest absolute Gasteiger partial charge is 0.306 e. The minimum atomic E-state index is -0.236. The lowest BCUT2D eigenvalue weighted by Crippen LogP contribution is -2.09. The molecule has 0 heterocycles. The molecule has 32 heavy (non-hydrogen) atoms. The molecule has 0 fully saturated rings. The number of carbonyl (C=O) groups is 2. The Bertz CT molecular complexity index is 826. The predicted octanol–water partition coefficient (Wildman–Crippen LogP) is 5.45. The summed E-state index contributed by atoms with van der Waals surface area (Å²) in [6, 6.07) is 13.7. The zero-order valence-corrected chi connectivity index (χ0v) is 19.1.